The second-order valence-electron chi connectivity index (χ2n) is 11.8. The van der Waals surface area contributed by atoms with E-state index in [9.17, 15) is 28.2 Å². The second kappa shape index (κ2) is 15.0. The van der Waals surface area contributed by atoms with E-state index in [0.29, 0.717) is 36.0 Å². The number of halogens is 3. The summed E-state index contributed by atoms with van der Waals surface area (Å²) in [4.78, 5) is 37.2. The number of methoxy groups -OCH3 is 1. The van der Waals surface area contributed by atoms with E-state index >= 15 is 0 Å². The van der Waals surface area contributed by atoms with E-state index in [1.807, 2.05) is 36.4 Å². The summed E-state index contributed by atoms with van der Waals surface area (Å²) in [6, 6.07) is 19.4. The van der Waals surface area contributed by atoms with Gasteiger partial charge in [-0.25, -0.2) is 14.6 Å². The molecule has 5 atom stereocenters. The number of carboxylic acids is 1. The number of rotatable bonds is 8. The van der Waals surface area contributed by atoms with Crippen LogP contribution in [-0.4, -0.2) is 104 Å². The minimum Gasteiger partial charge on any atom is -0.475 e. The molecule has 2 fully saturated rings. The van der Waals surface area contributed by atoms with E-state index in [-0.39, 0.29) is 18.4 Å². The maximum absolute atomic E-state index is 11.8. The summed E-state index contributed by atoms with van der Waals surface area (Å²) in [5.74, 6) is -1.61. The highest BCUT2D eigenvalue weighted by atomic mass is 19.4. The molecular weight excluding hydrogens is 649 g/mol. The molecule has 0 radical (unpaired) electrons. The average molecular weight is 687 g/mol. The van der Waals surface area contributed by atoms with E-state index in [2.05, 4.69) is 44.8 Å². The van der Waals surface area contributed by atoms with Gasteiger partial charge in [0.1, 0.15) is 12.2 Å². The number of nitrogens with zero attached hydrogens (tertiary/aromatic N) is 5. The summed E-state index contributed by atoms with van der Waals surface area (Å²) in [5.41, 5.74) is 9.63. The molecule has 0 unspecified atom stereocenters. The molecule has 4 aromatic rings. The van der Waals surface area contributed by atoms with Crippen LogP contribution in [0.5, 0.6) is 0 Å². The van der Waals surface area contributed by atoms with Crippen molar-refractivity contribution in [2.75, 3.05) is 37.0 Å². The van der Waals surface area contributed by atoms with Crippen molar-refractivity contribution in [1.29, 1.82) is 0 Å². The van der Waals surface area contributed by atoms with Crippen LogP contribution < -0.4 is 21.3 Å². The molecule has 17 heteroatoms. The normalized spacial score (nSPS) is 22.1. The Kier molecular flexibility index (Phi) is 10.8. The molecule has 1 saturated heterocycles. The predicted octanol–water partition coefficient (Wildman–Crippen LogP) is 2.63. The van der Waals surface area contributed by atoms with Gasteiger partial charge in [0.25, 0.3) is 0 Å². The fourth-order valence-corrected chi connectivity index (χ4v) is 6.02. The number of ether oxygens (including phenoxy) is 1. The first-order valence-corrected chi connectivity index (χ1v) is 15.5. The highest BCUT2D eigenvalue weighted by Crippen LogP contribution is 2.35. The lowest BCUT2D eigenvalue weighted by atomic mass is 9.91. The Morgan fingerprint density at radius 1 is 1.04 bits per heavy atom. The first-order valence-electron chi connectivity index (χ1n) is 15.5. The van der Waals surface area contributed by atoms with E-state index < -0.39 is 42.5 Å². The molecule has 1 aliphatic heterocycles. The Labute approximate surface area is 278 Å². The Morgan fingerprint density at radius 3 is 2.18 bits per heavy atom. The van der Waals surface area contributed by atoms with Crippen LogP contribution in [0.15, 0.2) is 67.0 Å². The third-order valence-corrected chi connectivity index (χ3v) is 8.53. The molecule has 2 aromatic heterocycles. The predicted molar refractivity (Wildman–Crippen MR) is 172 cm³/mol. The number of aliphatic carboxylic acids is 1. The average Bonchev–Trinajstić information content (AvgIpc) is 3.79. The lowest BCUT2D eigenvalue weighted by molar-refractivity contribution is -0.192. The Morgan fingerprint density at radius 2 is 1.65 bits per heavy atom. The first-order chi connectivity index (χ1) is 23.4. The summed E-state index contributed by atoms with van der Waals surface area (Å²) in [6.07, 6.45) is -5.38. The van der Waals surface area contributed by atoms with E-state index in [0.717, 1.165) is 13.0 Å². The number of nitrogens with one attached hydrogen (secondary N) is 2. The number of nitrogens with two attached hydrogens (primary N) is 1. The Balaban J connectivity index is 0.000000606. The lowest BCUT2D eigenvalue weighted by Gasteiger charge is -2.22. The van der Waals surface area contributed by atoms with Gasteiger partial charge in [0, 0.05) is 31.6 Å². The molecule has 3 heterocycles. The van der Waals surface area contributed by atoms with Crippen molar-refractivity contribution in [3.63, 3.8) is 0 Å². The van der Waals surface area contributed by atoms with Crippen LogP contribution in [0.4, 0.5) is 29.7 Å². The molecule has 1 saturated carbocycles. The minimum atomic E-state index is -5.08. The number of alkyl carbamates (subject to hydrolysis) is 1. The van der Waals surface area contributed by atoms with E-state index in [4.69, 9.17) is 30.3 Å². The molecule has 49 heavy (non-hydrogen) atoms. The zero-order valence-corrected chi connectivity index (χ0v) is 26.4. The van der Waals surface area contributed by atoms with Gasteiger partial charge in [-0.05, 0) is 24.0 Å². The van der Waals surface area contributed by atoms with Crippen molar-refractivity contribution in [3.8, 4) is 0 Å². The fourth-order valence-electron chi connectivity index (χ4n) is 6.02. The minimum absolute atomic E-state index is 0.0307. The van der Waals surface area contributed by atoms with Crippen LogP contribution in [-0.2, 0) is 9.53 Å². The van der Waals surface area contributed by atoms with Crippen LogP contribution in [0.3, 0.4) is 0 Å². The highest BCUT2D eigenvalue weighted by molar-refractivity contribution is 5.84. The molecule has 14 nitrogen and oxygen atoms in total. The third kappa shape index (κ3) is 8.18. The number of aliphatic hydroxyl groups excluding tert-OH is 2. The van der Waals surface area contributed by atoms with E-state index in [1.165, 1.54) is 18.2 Å². The summed E-state index contributed by atoms with van der Waals surface area (Å²) in [7, 11) is 1.26. The number of fused-ring (bicyclic) bond motifs is 1. The zero-order valence-electron chi connectivity index (χ0n) is 26.4. The van der Waals surface area contributed by atoms with Crippen LogP contribution >= 0.6 is 0 Å². The van der Waals surface area contributed by atoms with Gasteiger partial charge in [0.15, 0.2) is 17.0 Å². The maximum atomic E-state index is 11.8. The van der Waals surface area contributed by atoms with Crippen molar-refractivity contribution < 1.29 is 42.8 Å². The molecule has 1 amide bonds. The Hall–Kier alpha value is -5.00. The van der Waals surface area contributed by atoms with Gasteiger partial charge in [-0.3, -0.25) is 0 Å². The monoisotopic (exact) mass is 686 g/mol. The van der Waals surface area contributed by atoms with Gasteiger partial charge < -0.3 is 45.9 Å². The second-order valence-corrected chi connectivity index (χ2v) is 11.8. The van der Waals surface area contributed by atoms with Gasteiger partial charge in [-0.2, -0.15) is 23.1 Å². The quantitative estimate of drug-likeness (QED) is 0.159. The number of hydrogen-bond donors (Lipinski definition) is 6. The summed E-state index contributed by atoms with van der Waals surface area (Å²) < 4.78 is 38.2. The van der Waals surface area contributed by atoms with Crippen LogP contribution in [0.2, 0.25) is 0 Å². The summed E-state index contributed by atoms with van der Waals surface area (Å²) >= 11 is 0. The Bertz CT molecular complexity index is 1690. The number of amides is 1. The zero-order chi connectivity index (χ0) is 35.3. The fraction of sp³-hybridized carbons (Fsp3) is 0.406. The number of alkyl halides is 3. The molecule has 6 rings (SSSR count). The standard InChI is InChI=1S/C30H36N8O4.C2HF3O2/c1-42-30(41)34-22-14-23(26(40)25(22)39)38-17-33-24-27(35-29(36-28(24)38)37-13-12-20(31)16-37)32-15-21(18-8-4-2-5-9-18)19-10-6-3-7-11-19;3-2(4,5)1(6)7/h2-11,17,20-23,25-26,39-40H,12-16,31H2,1H3,(H,34,41)(H,32,35,36);(H,6,7)/t20-,22+,23-,25-,26+;/m1./s1. The van der Waals surface area contributed by atoms with Gasteiger partial charge in [0.05, 0.1) is 25.5 Å². The van der Waals surface area contributed by atoms with Crippen molar-refractivity contribution in [2.24, 2.45) is 5.73 Å². The number of carbonyl (C=O) groups excluding carboxylic acids is 1. The number of benzene rings is 2. The lowest BCUT2D eigenvalue weighted by Crippen LogP contribution is -2.43. The number of carbonyl (C=O) groups is 2. The van der Waals surface area contributed by atoms with Crippen molar-refractivity contribution in [1.82, 2.24) is 24.8 Å². The van der Waals surface area contributed by atoms with Gasteiger partial charge >= 0.3 is 18.2 Å². The smallest absolute Gasteiger partial charge is 0.475 e. The summed E-state index contributed by atoms with van der Waals surface area (Å²) in [5, 5.41) is 35.0. The molecule has 1 aliphatic carbocycles. The largest absolute Gasteiger partial charge is 0.490 e. The number of aromatic nitrogens is 4. The van der Waals surface area contributed by atoms with Crippen LogP contribution in [0.25, 0.3) is 11.2 Å². The number of hydrogen-bond acceptors (Lipinski definition) is 11. The molecule has 0 bridgehead atoms. The number of aliphatic hydroxyl groups is 2. The highest BCUT2D eigenvalue weighted by Gasteiger charge is 2.44. The van der Waals surface area contributed by atoms with Gasteiger partial charge in [0.2, 0.25) is 5.95 Å². The molecule has 2 aromatic carbocycles. The SMILES string of the molecule is COC(=O)N[C@H]1C[C@@H](n2cnc3c(NCC(c4ccccc4)c4ccccc4)nc(N4CC[C@@H](N)C4)nc32)[C@H](O)[C@@H]1O.O=C(O)C(F)(F)F. The number of anilines is 2. The molecule has 7 N–H and O–H groups in total. The number of imidazole rings is 1. The maximum Gasteiger partial charge on any atom is 0.490 e. The van der Waals surface area contributed by atoms with Crippen molar-refractivity contribution in [3.05, 3.63) is 78.1 Å². The van der Waals surface area contributed by atoms with Crippen molar-refractivity contribution in [2.45, 2.75) is 55.3 Å². The summed E-state index contributed by atoms with van der Waals surface area (Å²) in [6.45, 7) is 1.92. The molecule has 262 valence electrons. The first kappa shape index (κ1) is 35.3. The molecular formula is C32H37F3N8O6. The molecule has 2 aliphatic rings. The third-order valence-electron chi connectivity index (χ3n) is 8.53. The van der Waals surface area contributed by atoms with Crippen molar-refractivity contribution >= 4 is 35.0 Å². The van der Waals surface area contributed by atoms with Gasteiger partial charge in [-0.15, -0.1) is 0 Å². The molecule has 0 spiro atoms. The topological polar surface area (TPSA) is 201 Å². The van der Waals surface area contributed by atoms with Gasteiger partial charge in [-0.1, -0.05) is 60.7 Å². The van der Waals surface area contributed by atoms with Crippen LogP contribution in [0, 0.1) is 0 Å². The number of carboxylic acid groups (broad SMARTS) is 1. The van der Waals surface area contributed by atoms with E-state index in [1.54, 1.807) is 10.9 Å². The van der Waals surface area contributed by atoms with Crippen LogP contribution in [0.1, 0.15) is 35.9 Å².